The van der Waals surface area contributed by atoms with Gasteiger partial charge < -0.3 is 15.1 Å². The zero-order valence-electron chi connectivity index (χ0n) is 12.9. The first kappa shape index (κ1) is 14.9. The van der Waals surface area contributed by atoms with Crippen molar-refractivity contribution in [2.24, 2.45) is 0 Å². The largest absolute Gasteiger partial charge is 0.391 e. The van der Waals surface area contributed by atoms with Gasteiger partial charge in [-0.05, 0) is 26.8 Å². The summed E-state index contributed by atoms with van der Waals surface area (Å²) in [5, 5.41) is 23.9. The van der Waals surface area contributed by atoms with E-state index in [1.54, 1.807) is 11.4 Å². The van der Waals surface area contributed by atoms with Crippen LogP contribution in [0.25, 0.3) is 5.65 Å². The molecule has 0 spiro atoms. The second-order valence-corrected chi connectivity index (χ2v) is 5.99. The predicted molar refractivity (Wildman–Crippen MR) is 79.7 cm³/mol. The molecule has 7 nitrogen and oxygen atoms in total. The number of rotatable bonds is 1. The summed E-state index contributed by atoms with van der Waals surface area (Å²) in [6, 6.07) is 1.90. The average Bonchev–Trinajstić information content (AvgIpc) is 2.73. The molecule has 2 N–H and O–H groups in total. The van der Waals surface area contributed by atoms with E-state index >= 15 is 0 Å². The van der Waals surface area contributed by atoms with Gasteiger partial charge in [0.15, 0.2) is 5.65 Å². The van der Waals surface area contributed by atoms with Crippen LogP contribution in [0, 0.1) is 20.8 Å². The van der Waals surface area contributed by atoms with Gasteiger partial charge in [0.25, 0.3) is 5.91 Å². The normalized spacial score (nSPS) is 22.3. The van der Waals surface area contributed by atoms with Crippen molar-refractivity contribution in [3.05, 3.63) is 28.7 Å². The number of aromatic nitrogens is 3. The van der Waals surface area contributed by atoms with E-state index in [9.17, 15) is 15.0 Å². The Morgan fingerprint density at radius 2 is 1.86 bits per heavy atom. The molecule has 3 heterocycles. The Hall–Kier alpha value is -1.99. The predicted octanol–water partition coefficient (Wildman–Crippen LogP) is 0.222. The van der Waals surface area contributed by atoms with Gasteiger partial charge in [-0.25, -0.2) is 9.50 Å². The van der Waals surface area contributed by atoms with Crippen molar-refractivity contribution in [1.29, 1.82) is 0 Å². The first-order valence-electron chi connectivity index (χ1n) is 7.35. The molecule has 0 aliphatic carbocycles. The fourth-order valence-electron chi connectivity index (χ4n) is 3.05. The summed E-state index contributed by atoms with van der Waals surface area (Å²) in [5.74, 6) is -0.247. The molecule has 2 aromatic heterocycles. The lowest BCUT2D eigenvalue weighted by Gasteiger charge is -2.33. The summed E-state index contributed by atoms with van der Waals surface area (Å²) < 4.78 is 1.66. The number of nitrogens with zero attached hydrogens (tertiary/aromatic N) is 4. The zero-order chi connectivity index (χ0) is 16.0. The molecule has 3 rings (SSSR count). The van der Waals surface area contributed by atoms with E-state index in [-0.39, 0.29) is 19.0 Å². The van der Waals surface area contributed by atoms with E-state index in [1.165, 1.54) is 4.90 Å². The Labute approximate surface area is 128 Å². The number of aryl methyl sites for hydroxylation is 3. The van der Waals surface area contributed by atoms with Crippen LogP contribution in [-0.4, -0.2) is 60.9 Å². The molecule has 0 aromatic carbocycles. The van der Waals surface area contributed by atoms with Crippen LogP contribution in [0.2, 0.25) is 0 Å². The van der Waals surface area contributed by atoms with Crippen molar-refractivity contribution in [2.75, 3.05) is 13.1 Å². The smallest absolute Gasteiger partial charge is 0.259 e. The first-order valence-corrected chi connectivity index (χ1v) is 7.35. The molecule has 22 heavy (non-hydrogen) atoms. The van der Waals surface area contributed by atoms with Crippen LogP contribution >= 0.6 is 0 Å². The van der Waals surface area contributed by atoms with Crippen LogP contribution in [0.1, 0.15) is 33.9 Å². The second-order valence-electron chi connectivity index (χ2n) is 5.99. The number of aliphatic hydroxyl groups excluding tert-OH is 2. The van der Waals surface area contributed by atoms with Crippen LogP contribution in [0.3, 0.4) is 0 Å². The minimum atomic E-state index is -0.703. The Bertz CT molecular complexity index is 730. The lowest BCUT2D eigenvalue weighted by atomic mass is 10.0. The lowest BCUT2D eigenvalue weighted by molar-refractivity contribution is -0.00381. The highest BCUT2D eigenvalue weighted by atomic mass is 16.3. The van der Waals surface area contributed by atoms with Crippen molar-refractivity contribution in [3.63, 3.8) is 0 Å². The third-order valence-electron chi connectivity index (χ3n) is 3.98. The number of hydrogen-bond donors (Lipinski definition) is 2. The summed E-state index contributed by atoms with van der Waals surface area (Å²) in [6.45, 7) is 6.00. The average molecular weight is 304 g/mol. The maximum Gasteiger partial charge on any atom is 0.259 e. The number of carbonyl (C=O) groups excluding carboxylic acids is 1. The molecule has 0 radical (unpaired) electrons. The highest BCUT2D eigenvalue weighted by Gasteiger charge is 2.31. The highest BCUT2D eigenvalue weighted by Crippen LogP contribution is 2.21. The van der Waals surface area contributed by atoms with Gasteiger partial charge >= 0.3 is 0 Å². The van der Waals surface area contributed by atoms with Gasteiger partial charge in [-0.1, -0.05) is 0 Å². The monoisotopic (exact) mass is 304 g/mol. The van der Waals surface area contributed by atoms with E-state index in [2.05, 4.69) is 10.1 Å². The van der Waals surface area contributed by atoms with Gasteiger partial charge in [-0.2, -0.15) is 5.10 Å². The van der Waals surface area contributed by atoms with E-state index in [1.807, 2.05) is 19.9 Å². The first-order chi connectivity index (χ1) is 10.4. The van der Waals surface area contributed by atoms with Crippen molar-refractivity contribution >= 4 is 11.6 Å². The van der Waals surface area contributed by atoms with Crippen molar-refractivity contribution < 1.29 is 15.0 Å². The molecule has 1 aliphatic heterocycles. The van der Waals surface area contributed by atoms with Crippen molar-refractivity contribution in [3.8, 4) is 0 Å². The molecule has 1 aliphatic rings. The van der Waals surface area contributed by atoms with Crippen LogP contribution < -0.4 is 0 Å². The standard InChI is InChI=1S/C15H20N4O3/c1-8-4-9(2)19-14(16-8)13(10(3)17-19)15(22)18-6-11(20)5-12(21)7-18/h4,11-12,20-21H,5-7H2,1-3H3/t11-,12-/m1/s1. The molecule has 0 unspecified atom stereocenters. The molecular formula is C15H20N4O3. The Kier molecular flexibility index (Phi) is 3.62. The van der Waals surface area contributed by atoms with Gasteiger partial charge in [-0.3, -0.25) is 4.79 Å². The third-order valence-corrected chi connectivity index (χ3v) is 3.98. The van der Waals surface area contributed by atoms with E-state index in [4.69, 9.17) is 0 Å². The molecule has 1 fully saturated rings. The number of aliphatic hydroxyl groups is 2. The van der Waals surface area contributed by atoms with Gasteiger partial charge in [-0.15, -0.1) is 0 Å². The maximum absolute atomic E-state index is 12.8. The van der Waals surface area contributed by atoms with Crippen molar-refractivity contribution in [1.82, 2.24) is 19.5 Å². The SMILES string of the molecule is Cc1cc(C)n2nc(C)c(C(=O)N3C[C@H](O)C[C@@H](O)C3)c2n1. The van der Waals surface area contributed by atoms with Gasteiger partial charge in [0.05, 0.1) is 17.9 Å². The number of piperidine rings is 1. The van der Waals surface area contributed by atoms with Gasteiger partial charge in [0.2, 0.25) is 0 Å². The van der Waals surface area contributed by atoms with Crippen LogP contribution in [0.5, 0.6) is 0 Å². The quantitative estimate of drug-likeness (QED) is 0.786. The molecule has 2 atom stereocenters. The number of hydrogen-bond acceptors (Lipinski definition) is 5. The minimum absolute atomic E-state index is 0.220. The van der Waals surface area contributed by atoms with Gasteiger partial charge in [0, 0.05) is 30.9 Å². The van der Waals surface area contributed by atoms with Crippen molar-refractivity contribution in [2.45, 2.75) is 39.4 Å². The number of amides is 1. The van der Waals surface area contributed by atoms with Crippen LogP contribution in [0.4, 0.5) is 0 Å². The maximum atomic E-state index is 12.8. The number of β-amino-alcohol motifs (C(OH)–C–C–N with tert-alkyl or cyclic N) is 2. The topological polar surface area (TPSA) is 91.0 Å². The summed E-state index contributed by atoms with van der Waals surface area (Å²) in [6.07, 6.45) is -1.11. The Balaban J connectivity index is 2.06. The summed E-state index contributed by atoms with van der Waals surface area (Å²) in [4.78, 5) is 18.7. The third kappa shape index (κ3) is 2.46. The number of fused-ring (bicyclic) bond motifs is 1. The summed E-state index contributed by atoms with van der Waals surface area (Å²) in [7, 11) is 0. The van der Waals surface area contributed by atoms with Crippen LogP contribution in [0.15, 0.2) is 6.07 Å². The molecule has 1 amide bonds. The van der Waals surface area contributed by atoms with E-state index in [0.717, 1.165) is 11.4 Å². The summed E-state index contributed by atoms with van der Waals surface area (Å²) >= 11 is 0. The molecule has 7 heteroatoms. The number of carbonyl (C=O) groups is 1. The molecule has 118 valence electrons. The molecule has 1 saturated heterocycles. The summed E-state index contributed by atoms with van der Waals surface area (Å²) in [5.41, 5.74) is 3.28. The molecule has 2 aromatic rings. The highest BCUT2D eigenvalue weighted by molar-refractivity contribution is 6.01. The molecule has 0 bridgehead atoms. The molecule has 0 saturated carbocycles. The van der Waals surface area contributed by atoms with Gasteiger partial charge in [0.1, 0.15) is 5.56 Å². The van der Waals surface area contributed by atoms with E-state index < -0.39 is 12.2 Å². The Morgan fingerprint density at radius 3 is 2.50 bits per heavy atom. The minimum Gasteiger partial charge on any atom is -0.391 e. The van der Waals surface area contributed by atoms with Crippen LogP contribution in [-0.2, 0) is 0 Å². The Morgan fingerprint density at radius 1 is 1.23 bits per heavy atom. The fraction of sp³-hybridized carbons (Fsp3) is 0.533. The number of likely N-dealkylation sites (tertiary alicyclic amines) is 1. The van der Waals surface area contributed by atoms with E-state index in [0.29, 0.717) is 23.3 Å². The lowest BCUT2D eigenvalue weighted by Crippen LogP contribution is -2.48. The molecular weight excluding hydrogens is 284 g/mol. The second kappa shape index (κ2) is 5.33. The fourth-order valence-corrected chi connectivity index (χ4v) is 3.05. The zero-order valence-corrected chi connectivity index (χ0v) is 12.9.